The quantitative estimate of drug-likeness (QED) is 0.498. The molecule has 4 rings (SSSR count). The van der Waals surface area contributed by atoms with Crippen LogP contribution in [0.5, 0.6) is 0 Å². The monoisotopic (exact) mass is 478 g/mol. The highest BCUT2D eigenvalue weighted by Crippen LogP contribution is 2.12. The lowest BCUT2D eigenvalue weighted by Crippen LogP contribution is -2.18. The van der Waals surface area contributed by atoms with E-state index in [1.165, 1.54) is 11.1 Å². The highest BCUT2D eigenvalue weighted by molar-refractivity contribution is 6.02. The van der Waals surface area contributed by atoms with Crippen LogP contribution < -0.4 is 0 Å². The molecule has 1 aliphatic rings. The van der Waals surface area contributed by atoms with Crippen molar-refractivity contribution in [1.29, 1.82) is 0 Å². The van der Waals surface area contributed by atoms with Gasteiger partial charge in [-0.05, 0) is 70.9 Å². The summed E-state index contributed by atoms with van der Waals surface area (Å²) in [6.45, 7) is 11.9. The van der Waals surface area contributed by atoms with Crippen LogP contribution in [-0.2, 0) is 6.42 Å². The third-order valence-electron chi connectivity index (χ3n) is 6.29. The fourth-order valence-electron chi connectivity index (χ4n) is 4.08. The number of aliphatic imine (C=N–C) groups is 4. The van der Waals surface area contributed by atoms with E-state index < -0.39 is 0 Å². The van der Waals surface area contributed by atoms with Gasteiger partial charge in [0.15, 0.2) is 0 Å². The first-order chi connectivity index (χ1) is 17.4. The van der Waals surface area contributed by atoms with Gasteiger partial charge < -0.3 is 0 Å². The molecule has 6 heteroatoms. The molecule has 0 spiro atoms. The number of aromatic nitrogens is 2. The van der Waals surface area contributed by atoms with Gasteiger partial charge >= 0.3 is 0 Å². The summed E-state index contributed by atoms with van der Waals surface area (Å²) in [6, 6.07) is 20.7. The smallest absolute Gasteiger partial charge is 0.0845 e. The first-order valence-electron chi connectivity index (χ1n) is 12.5. The molecule has 36 heavy (non-hydrogen) atoms. The van der Waals surface area contributed by atoms with Crippen molar-refractivity contribution in [1.82, 2.24) is 9.97 Å². The molecule has 3 aromatic rings. The second-order valence-corrected chi connectivity index (χ2v) is 9.23. The number of aryl methyl sites for hydroxylation is 1. The summed E-state index contributed by atoms with van der Waals surface area (Å²) in [7, 11) is 0. The lowest BCUT2D eigenvalue weighted by atomic mass is 10.0. The van der Waals surface area contributed by atoms with Crippen LogP contribution >= 0.6 is 0 Å². The van der Waals surface area contributed by atoms with E-state index in [9.17, 15) is 0 Å². The zero-order valence-corrected chi connectivity index (χ0v) is 21.9. The second-order valence-electron chi connectivity index (χ2n) is 9.23. The molecule has 0 saturated heterocycles. The molecule has 0 amide bonds. The zero-order chi connectivity index (χ0) is 25.5. The molecule has 0 N–H and O–H groups in total. The Labute approximate surface area is 214 Å². The van der Waals surface area contributed by atoms with Crippen LogP contribution in [0.4, 0.5) is 0 Å². The minimum absolute atomic E-state index is 0.0201. The number of nitrogens with zero attached hydrogens (tertiary/aromatic N) is 6. The lowest BCUT2D eigenvalue weighted by Gasteiger charge is -2.14. The van der Waals surface area contributed by atoms with Gasteiger partial charge in [-0.25, -0.2) is 9.97 Å². The average molecular weight is 479 g/mol. The molecule has 0 aliphatic carbocycles. The van der Waals surface area contributed by atoms with Crippen LogP contribution in [0.2, 0.25) is 0 Å². The largest absolute Gasteiger partial charge is 0.286 e. The number of hydrogen-bond acceptors (Lipinski definition) is 6. The van der Waals surface area contributed by atoms with Gasteiger partial charge in [0.25, 0.3) is 0 Å². The molecule has 2 aromatic heterocycles. The van der Waals surface area contributed by atoms with E-state index in [0.717, 1.165) is 52.0 Å². The van der Waals surface area contributed by atoms with Gasteiger partial charge in [-0.2, -0.15) is 0 Å². The Morgan fingerprint density at radius 3 is 1.58 bits per heavy atom. The Morgan fingerprint density at radius 1 is 0.583 bits per heavy atom. The Balaban J connectivity index is 1.75. The number of rotatable bonds is 2. The van der Waals surface area contributed by atoms with Crippen LogP contribution in [0.25, 0.3) is 0 Å². The Bertz CT molecular complexity index is 1330. The number of fused-ring (bicyclic) bond motifs is 4. The van der Waals surface area contributed by atoms with Gasteiger partial charge in [-0.1, -0.05) is 42.0 Å². The Morgan fingerprint density at radius 2 is 1.06 bits per heavy atom. The first kappa shape index (κ1) is 25.3. The summed E-state index contributed by atoms with van der Waals surface area (Å²) in [6.07, 6.45) is 0.799. The molecular weight excluding hydrogens is 444 g/mol. The van der Waals surface area contributed by atoms with Crippen molar-refractivity contribution in [2.24, 2.45) is 20.0 Å². The van der Waals surface area contributed by atoms with Crippen LogP contribution in [0.3, 0.4) is 0 Å². The minimum atomic E-state index is -0.0201. The molecular formula is C30H34N6. The molecule has 0 radical (unpaired) electrons. The van der Waals surface area contributed by atoms with Gasteiger partial charge in [0.1, 0.15) is 0 Å². The normalized spacial score (nSPS) is 17.2. The molecule has 1 atom stereocenters. The predicted octanol–water partition coefficient (Wildman–Crippen LogP) is 5.35. The van der Waals surface area contributed by atoms with E-state index >= 15 is 0 Å². The molecule has 0 saturated carbocycles. The third-order valence-corrected chi connectivity index (χ3v) is 6.29. The average Bonchev–Trinajstić information content (AvgIpc) is 2.90. The highest BCUT2D eigenvalue weighted by Gasteiger charge is 2.12. The maximum atomic E-state index is 5.10. The summed E-state index contributed by atoms with van der Waals surface area (Å²) < 4.78 is 0. The maximum Gasteiger partial charge on any atom is 0.0845 e. The summed E-state index contributed by atoms with van der Waals surface area (Å²) in [5.74, 6) is 0. The summed E-state index contributed by atoms with van der Waals surface area (Å²) >= 11 is 0. The summed E-state index contributed by atoms with van der Waals surface area (Å²) in [5.41, 5.74) is 9.54. The van der Waals surface area contributed by atoms with Gasteiger partial charge in [-0.3, -0.25) is 20.0 Å². The number of benzene rings is 1. The van der Waals surface area contributed by atoms with E-state index in [2.05, 4.69) is 31.2 Å². The van der Waals surface area contributed by atoms with Crippen LogP contribution in [0, 0.1) is 6.92 Å². The van der Waals surface area contributed by atoms with Crippen molar-refractivity contribution in [3.8, 4) is 0 Å². The van der Waals surface area contributed by atoms with Crippen LogP contribution in [0.15, 0.2) is 80.6 Å². The van der Waals surface area contributed by atoms with E-state index in [1.807, 2.05) is 64.1 Å². The predicted molar refractivity (Wildman–Crippen MR) is 151 cm³/mol. The van der Waals surface area contributed by atoms with E-state index in [4.69, 9.17) is 29.9 Å². The van der Waals surface area contributed by atoms with Gasteiger partial charge in [-0.15, -0.1) is 0 Å². The van der Waals surface area contributed by atoms with E-state index in [1.54, 1.807) is 0 Å². The Kier molecular flexibility index (Phi) is 8.26. The molecule has 1 aliphatic heterocycles. The standard InChI is InChI=1S/C30H34N6/c1-20-12-14-25(15-13-20)18-26-19-33-23(4)29-10-6-8-27(35-29)21(2)31-16-17-32-22(3)28-9-7-11-30(36-28)24(5)34-26/h6-15,26H,16-19H2,1-5H3. The molecule has 3 heterocycles. The summed E-state index contributed by atoms with van der Waals surface area (Å²) in [5, 5.41) is 0. The second kappa shape index (κ2) is 11.8. The van der Waals surface area contributed by atoms with E-state index in [-0.39, 0.29) is 6.04 Å². The minimum Gasteiger partial charge on any atom is -0.286 e. The molecule has 0 fully saturated rings. The topological polar surface area (TPSA) is 75.2 Å². The zero-order valence-electron chi connectivity index (χ0n) is 21.9. The van der Waals surface area contributed by atoms with Crippen molar-refractivity contribution in [3.63, 3.8) is 0 Å². The van der Waals surface area contributed by atoms with Crippen molar-refractivity contribution in [3.05, 3.63) is 94.6 Å². The first-order valence-corrected chi connectivity index (χ1v) is 12.5. The lowest BCUT2D eigenvalue weighted by molar-refractivity contribution is 0.681. The molecule has 1 unspecified atom stereocenters. The van der Waals surface area contributed by atoms with Gasteiger partial charge in [0.2, 0.25) is 0 Å². The Hall–Kier alpha value is -3.80. The number of pyridine rings is 2. The van der Waals surface area contributed by atoms with Crippen LogP contribution in [-0.4, -0.2) is 58.5 Å². The van der Waals surface area contributed by atoms with Crippen molar-refractivity contribution in [2.45, 2.75) is 47.1 Å². The molecule has 1 aromatic carbocycles. The SMILES string of the molecule is CC1=NCCN=C(C)c2cccc(n2)C(C)=NC(Cc2ccc(C)cc2)CN=C(C)c2cccc1n2. The van der Waals surface area contributed by atoms with Crippen molar-refractivity contribution < 1.29 is 0 Å². The van der Waals surface area contributed by atoms with Crippen LogP contribution in [0.1, 0.15) is 61.6 Å². The van der Waals surface area contributed by atoms with Crippen molar-refractivity contribution in [2.75, 3.05) is 19.6 Å². The van der Waals surface area contributed by atoms with E-state index in [0.29, 0.717) is 19.6 Å². The fourth-order valence-corrected chi connectivity index (χ4v) is 4.08. The maximum absolute atomic E-state index is 5.10. The summed E-state index contributed by atoms with van der Waals surface area (Å²) in [4.78, 5) is 29.1. The molecule has 184 valence electrons. The highest BCUT2D eigenvalue weighted by atomic mass is 14.9. The molecule has 6 nitrogen and oxygen atoms in total. The number of hydrogen-bond donors (Lipinski definition) is 0. The third kappa shape index (κ3) is 6.66. The van der Waals surface area contributed by atoms with Crippen molar-refractivity contribution >= 4 is 22.8 Å². The van der Waals surface area contributed by atoms with Gasteiger partial charge in [0.05, 0.1) is 71.3 Å². The van der Waals surface area contributed by atoms with Gasteiger partial charge in [0, 0.05) is 0 Å². The fraction of sp³-hybridized carbons (Fsp3) is 0.333. The molecule has 4 bridgehead atoms.